The van der Waals surface area contributed by atoms with Gasteiger partial charge in [-0.3, -0.25) is 0 Å². The Morgan fingerprint density at radius 3 is 1.43 bits per heavy atom. The van der Waals surface area contributed by atoms with Crippen LogP contribution in [0.25, 0.3) is 0 Å². The molecule has 1 heteroatoms. The highest BCUT2D eigenvalue weighted by molar-refractivity contribution is 6.14. The van der Waals surface area contributed by atoms with Crippen LogP contribution in [0, 0.1) is 5.92 Å². The maximum atomic E-state index is 2.32. The molecule has 0 saturated carbocycles. The van der Waals surface area contributed by atoms with E-state index in [0.717, 1.165) is 5.92 Å². The molecule has 0 nitrogen and oxygen atoms in total. The molecule has 7 heavy (non-hydrogen) atoms. The van der Waals surface area contributed by atoms with E-state index in [4.69, 9.17) is 0 Å². The van der Waals surface area contributed by atoms with E-state index in [2.05, 4.69) is 27.7 Å². The molecule has 0 atom stereocenters. The van der Waals surface area contributed by atoms with E-state index >= 15 is 0 Å². The summed E-state index contributed by atoms with van der Waals surface area (Å²) in [5.41, 5.74) is 0. The summed E-state index contributed by atoms with van der Waals surface area (Å²) >= 11 is 0. The van der Waals surface area contributed by atoms with E-state index in [1.165, 1.54) is 10.2 Å². The van der Waals surface area contributed by atoms with Crippen LogP contribution in [-0.4, -0.2) is 10.2 Å². The molecule has 0 saturated heterocycles. The van der Waals surface area contributed by atoms with Crippen molar-refractivity contribution in [2.75, 3.05) is 0 Å². The average Bonchev–Trinajstić information content (AvgIpc) is 1.31. The topological polar surface area (TPSA) is 0 Å². The van der Waals surface area contributed by atoms with Crippen LogP contribution in [0.15, 0.2) is 0 Å². The zero-order valence-corrected chi connectivity index (χ0v) is 8.08. The molecular weight excluding hydrogens is 100 g/mol. The van der Waals surface area contributed by atoms with Crippen LogP contribution in [0.3, 0.4) is 0 Å². The Kier molecular flexibility index (Phi) is 2.05. The van der Waals surface area contributed by atoms with E-state index in [0.29, 0.717) is 5.04 Å². The smallest absolute Gasteiger partial charge is 0.0103 e. The highest BCUT2D eigenvalue weighted by atomic mass is 28.1. The molecule has 0 bridgehead atoms. The van der Waals surface area contributed by atoms with Crippen LogP contribution in [0.1, 0.15) is 27.7 Å². The third kappa shape index (κ3) is 2.86. The molecule has 0 unspecified atom stereocenters. The first-order valence-electron chi connectivity index (χ1n) is 2.94. The number of hydrogen-bond acceptors (Lipinski definition) is 0. The van der Waals surface area contributed by atoms with Gasteiger partial charge in [0.05, 0.1) is 0 Å². The summed E-state index contributed by atoms with van der Waals surface area (Å²) in [6.07, 6.45) is 0. The first kappa shape index (κ1) is 7.22. The van der Waals surface area contributed by atoms with Gasteiger partial charge in [-0.1, -0.05) is 27.7 Å². The number of rotatable bonds is 1. The fourth-order valence-corrected chi connectivity index (χ4v) is 0. The molecule has 0 aliphatic heterocycles. The first-order chi connectivity index (χ1) is 2.94. The average molecular weight is 116 g/mol. The largest absolute Gasteiger partial charge is 0.0630 e. The summed E-state index contributed by atoms with van der Waals surface area (Å²) in [5, 5.41) is 0.639. The predicted octanol–water partition coefficient (Wildman–Crippen LogP) is 1.21. The zero-order valence-electron chi connectivity index (χ0n) is 6.08. The van der Waals surface area contributed by atoms with Gasteiger partial charge in [-0.15, -0.1) is 0 Å². The summed E-state index contributed by atoms with van der Waals surface area (Å²) in [7, 11) is 1.31. The van der Waals surface area contributed by atoms with Gasteiger partial charge in [0.25, 0.3) is 0 Å². The number of hydrogen-bond donors (Lipinski definition) is 0. The van der Waals surface area contributed by atoms with Crippen LogP contribution < -0.4 is 0 Å². The minimum Gasteiger partial charge on any atom is -0.0630 e. The summed E-state index contributed by atoms with van der Waals surface area (Å²) in [6, 6.07) is 0. The first-order valence-corrected chi connectivity index (χ1v) is 3.94. The van der Waals surface area contributed by atoms with Gasteiger partial charge in [0.15, 0.2) is 0 Å². The molecule has 0 rings (SSSR count). The second-order valence-corrected chi connectivity index (χ2v) is 6.10. The Hall–Kier alpha value is 0.217. The lowest BCUT2D eigenvalue weighted by molar-refractivity contribution is 0.480. The molecule has 0 fully saturated rings. The molecule has 0 amide bonds. The monoisotopic (exact) mass is 116 g/mol. The molecule has 44 valence electrons. The van der Waals surface area contributed by atoms with E-state index in [-0.39, 0.29) is 0 Å². The van der Waals surface area contributed by atoms with Gasteiger partial charge in [0.1, 0.15) is 0 Å². The molecular formula is C6H16Si. The molecule has 0 aromatic heterocycles. The highest BCUT2D eigenvalue weighted by Gasteiger charge is 2.13. The summed E-state index contributed by atoms with van der Waals surface area (Å²) in [6.45, 7) is 9.22. The lowest BCUT2D eigenvalue weighted by Crippen LogP contribution is -2.09. The SMILES string of the molecule is CC(C)C(C)(C)[SiH3]. The minimum absolute atomic E-state index is 0.639. The normalized spacial score (nSPS) is 13.3. The highest BCUT2D eigenvalue weighted by Crippen LogP contribution is 2.28. The van der Waals surface area contributed by atoms with Gasteiger partial charge < -0.3 is 0 Å². The van der Waals surface area contributed by atoms with Crippen molar-refractivity contribution in [3.63, 3.8) is 0 Å². The van der Waals surface area contributed by atoms with Gasteiger partial charge >= 0.3 is 0 Å². The Bertz CT molecular complexity index is 49.7. The van der Waals surface area contributed by atoms with Crippen LogP contribution in [0.4, 0.5) is 0 Å². The van der Waals surface area contributed by atoms with Crippen molar-refractivity contribution < 1.29 is 0 Å². The second-order valence-electron chi connectivity index (χ2n) is 3.52. The Labute approximate surface area is 49.7 Å². The van der Waals surface area contributed by atoms with Crippen molar-refractivity contribution in [3.8, 4) is 0 Å². The fraction of sp³-hybridized carbons (Fsp3) is 1.00. The van der Waals surface area contributed by atoms with Gasteiger partial charge in [-0.05, 0) is 11.0 Å². The zero-order chi connectivity index (χ0) is 6.08. The lowest BCUT2D eigenvalue weighted by atomic mass is 9.99. The van der Waals surface area contributed by atoms with Crippen molar-refractivity contribution in [2.45, 2.75) is 32.7 Å². The van der Waals surface area contributed by atoms with Crippen molar-refractivity contribution in [3.05, 3.63) is 0 Å². The third-order valence-corrected chi connectivity index (χ3v) is 2.89. The van der Waals surface area contributed by atoms with Gasteiger partial charge in [-0.2, -0.15) is 0 Å². The third-order valence-electron chi connectivity index (χ3n) is 1.73. The molecule has 0 spiro atoms. The van der Waals surface area contributed by atoms with Crippen LogP contribution in [0.2, 0.25) is 5.04 Å². The molecule has 0 radical (unpaired) electrons. The minimum atomic E-state index is 0.639. The fourth-order valence-electron chi connectivity index (χ4n) is 0. The van der Waals surface area contributed by atoms with Gasteiger partial charge in [0.2, 0.25) is 0 Å². The van der Waals surface area contributed by atoms with E-state index in [1.807, 2.05) is 0 Å². The Morgan fingerprint density at radius 1 is 1.29 bits per heavy atom. The van der Waals surface area contributed by atoms with Gasteiger partial charge in [0, 0.05) is 10.2 Å². The van der Waals surface area contributed by atoms with Crippen molar-refractivity contribution >= 4 is 10.2 Å². The van der Waals surface area contributed by atoms with Crippen LogP contribution in [0.5, 0.6) is 0 Å². The van der Waals surface area contributed by atoms with Crippen molar-refractivity contribution in [2.24, 2.45) is 5.92 Å². The summed E-state index contributed by atoms with van der Waals surface area (Å²) in [4.78, 5) is 0. The van der Waals surface area contributed by atoms with Gasteiger partial charge in [-0.25, -0.2) is 0 Å². The Morgan fingerprint density at radius 2 is 1.43 bits per heavy atom. The van der Waals surface area contributed by atoms with E-state index in [9.17, 15) is 0 Å². The molecule has 0 aromatic carbocycles. The summed E-state index contributed by atoms with van der Waals surface area (Å²) in [5.74, 6) is 0.860. The van der Waals surface area contributed by atoms with Crippen molar-refractivity contribution in [1.82, 2.24) is 0 Å². The Balaban J connectivity index is 3.54. The summed E-state index contributed by atoms with van der Waals surface area (Å²) < 4.78 is 0. The quantitative estimate of drug-likeness (QED) is 0.452. The molecule has 0 heterocycles. The molecule has 0 N–H and O–H groups in total. The lowest BCUT2D eigenvalue weighted by Gasteiger charge is -2.22. The van der Waals surface area contributed by atoms with E-state index in [1.54, 1.807) is 0 Å². The molecule has 0 aliphatic rings. The molecule has 0 aliphatic carbocycles. The maximum absolute atomic E-state index is 2.32. The van der Waals surface area contributed by atoms with Crippen LogP contribution >= 0.6 is 0 Å². The second kappa shape index (κ2) is 1.99. The van der Waals surface area contributed by atoms with Crippen LogP contribution in [-0.2, 0) is 0 Å². The molecule has 0 aromatic rings. The van der Waals surface area contributed by atoms with Crippen molar-refractivity contribution in [1.29, 1.82) is 0 Å². The maximum Gasteiger partial charge on any atom is 0.0103 e. The van der Waals surface area contributed by atoms with E-state index < -0.39 is 0 Å². The predicted molar refractivity (Wildman–Crippen MR) is 38.8 cm³/mol. The standard InChI is InChI=1S/C6H16Si/c1-5(2)6(3,4)7/h5H,1-4,7H3.